The molecule has 0 saturated carbocycles. The molecule has 2 bridgehead atoms. The fraction of sp³-hybridized carbons (Fsp3) is 0.316. The zero-order chi connectivity index (χ0) is 18.7. The van der Waals surface area contributed by atoms with Crippen molar-refractivity contribution in [3.63, 3.8) is 0 Å². The molecule has 2 aliphatic heterocycles. The number of methoxy groups -OCH3 is 2. The van der Waals surface area contributed by atoms with Crippen LogP contribution in [0.2, 0.25) is 0 Å². The van der Waals surface area contributed by atoms with Gasteiger partial charge in [-0.25, -0.2) is 9.59 Å². The Labute approximate surface area is 168 Å². The monoisotopic (exact) mass is 542 g/mol. The molecule has 1 aromatic carbocycles. The Balaban J connectivity index is 0.00000109. The molecule has 0 saturated heterocycles. The van der Waals surface area contributed by atoms with E-state index in [1.807, 2.05) is 18.2 Å². The van der Waals surface area contributed by atoms with Gasteiger partial charge in [-0.1, -0.05) is 49.4 Å². The van der Waals surface area contributed by atoms with Crippen LogP contribution in [-0.4, -0.2) is 44.3 Å². The minimum absolute atomic E-state index is 0. The van der Waals surface area contributed by atoms with E-state index in [0.717, 1.165) is 0 Å². The Morgan fingerprint density at radius 1 is 0.885 bits per heavy atom. The van der Waals surface area contributed by atoms with Crippen molar-refractivity contribution in [2.24, 2.45) is 0 Å². The number of ether oxygens (including phenoxy) is 2. The average Bonchev–Trinajstić information content (AvgIpc) is 3.14. The molecule has 5 nitrogen and oxygen atoms in total. The number of hydrogen-bond donors (Lipinski definition) is 0. The van der Waals surface area contributed by atoms with Crippen LogP contribution in [0, 0.1) is 0 Å². The zero-order valence-electron chi connectivity index (χ0n) is 14.9. The number of esters is 2. The first-order valence-corrected chi connectivity index (χ1v) is 9.12. The van der Waals surface area contributed by atoms with Gasteiger partial charge >= 0.3 is 11.9 Å². The van der Waals surface area contributed by atoms with Gasteiger partial charge in [-0.15, -0.1) is 0 Å². The van der Waals surface area contributed by atoms with E-state index in [0.29, 0.717) is 11.1 Å². The second kappa shape index (κ2) is 9.39. The van der Waals surface area contributed by atoms with Crippen LogP contribution in [0.4, 0.5) is 0 Å². The third kappa shape index (κ3) is 3.48. The molecule has 0 amide bonds. The van der Waals surface area contributed by atoms with Gasteiger partial charge < -0.3 is 9.47 Å². The van der Waals surface area contributed by atoms with Crippen molar-refractivity contribution in [3.8, 4) is 0 Å². The topological polar surface area (TPSA) is 69.7 Å². The molecule has 0 aromatic heterocycles. The molecule has 0 fully saturated rings. The first kappa shape index (κ1) is 22.5. The third-order valence-corrected chi connectivity index (χ3v) is 8.00. The average molecular weight is 542 g/mol. The fourth-order valence-corrected chi connectivity index (χ4v) is 7.26. The van der Waals surface area contributed by atoms with Gasteiger partial charge in [0.2, 0.25) is 0 Å². The summed E-state index contributed by atoms with van der Waals surface area (Å²) in [5.41, 5.74) is 3.22. The molecular formula is C19H19O5PW. The van der Waals surface area contributed by atoms with Gasteiger partial charge in [-0.2, -0.15) is 0 Å². The van der Waals surface area contributed by atoms with Crippen molar-refractivity contribution in [2.45, 2.75) is 25.2 Å². The van der Waals surface area contributed by atoms with E-state index in [1.165, 1.54) is 30.7 Å². The number of rotatable bonds is 3. The summed E-state index contributed by atoms with van der Waals surface area (Å²) in [6.07, 6.45) is 0. The van der Waals surface area contributed by atoms with Crippen molar-refractivity contribution in [1.29, 1.82) is 0 Å². The minimum atomic E-state index is -0.735. The quantitative estimate of drug-likeness (QED) is 0.333. The van der Waals surface area contributed by atoms with Crippen LogP contribution in [0.15, 0.2) is 52.6 Å². The molecule has 1 unspecified atom stereocenters. The first-order valence-electron chi connectivity index (χ1n) is 7.64. The van der Waals surface area contributed by atoms with E-state index in [4.69, 9.17) is 14.3 Å². The molecule has 3 rings (SSSR count). The van der Waals surface area contributed by atoms with Gasteiger partial charge in [0.1, 0.15) is 0 Å². The zero-order valence-corrected chi connectivity index (χ0v) is 18.8. The van der Waals surface area contributed by atoms with E-state index in [9.17, 15) is 9.59 Å². The summed E-state index contributed by atoms with van der Waals surface area (Å²) in [6, 6.07) is 10.1. The predicted molar refractivity (Wildman–Crippen MR) is 95.7 cm³/mol. The van der Waals surface area contributed by atoms with Crippen molar-refractivity contribution < 1.29 is 44.9 Å². The van der Waals surface area contributed by atoms with E-state index in [1.54, 1.807) is 0 Å². The standard InChI is InChI=1S/C18H19O4P.CO.W/c1-10-11(2)16-14(18(20)22-4)13(17(19)21-3)15(10)23(16)12-8-6-5-7-9-12;1-2;/h5-9,15-16H,1-4H3;;/t15-,16+,23?;;. The van der Waals surface area contributed by atoms with E-state index in [-0.39, 0.29) is 32.4 Å². The van der Waals surface area contributed by atoms with Crippen LogP contribution in [0.25, 0.3) is 0 Å². The number of hydrogen-bond acceptors (Lipinski definition) is 5. The van der Waals surface area contributed by atoms with Gasteiger partial charge in [0.15, 0.2) is 0 Å². The Morgan fingerprint density at radius 3 is 1.62 bits per heavy atom. The Hall–Kier alpha value is -1.57. The molecule has 0 spiro atoms. The van der Waals surface area contributed by atoms with Crippen LogP contribution in [-0.2, 0) is 44.9 Å². The van der Waals surface area contributed by atoms with E-state index >= 15 is 0 Å². The van der Waals surface area contributed by atoms with Crippen LogP contribution < -0.4 is 5.30 Å². The molecule has 136 valence electrons. The second-order valence-electron chi connectivity index (χ2n) is 5.72. The number of allylic oxidation sites excluding steroid dienone is 2. The Kier molecular flexibility index (Phi) is 8.11. The number of carbonyl (C=O) groups is 2. The van der Waals surface area contributed by atoms with Crippen LogP contribution in [0.1, 0.15) is 13.8 Å². The van der Waals surface area contributed by atoms with Crippen molar-refractivity contribution >= 4 is 32.0 Å². The number of benzene rings is 1. The Morgan fingerprint density at radius 2 is 1.27 bits per heavy atom. The summed E-state index contributed by atoms with van der Waals surface area (Å²) >= 11 is 0. The molecule has 2 radical (unpaired) electrons. The van der Waals surface area contributed by atoms with Gasteiger partial charge in [0.05, 0.1) is 25.4 Å². The molecule has 0 aliphatic carbocycles. The van der Waals surface area contributed by atoms with Gasteiger partial charge in [0, 0.05) is 32.4 Å². The number of fused-ring (bicyclic) bond motifs is 2. The smallest absolute Gasteiger partial charge is 0.335 e. The third-order valence-electron chi connectivity index (χ3n) is 4.70. The molecule has 2 heterocycles. The molecule has 26 heavy (non-hydrogen) atoms. The molecule has 3 atom stereocenters. The summed E-state index contributed by atoms with van der Waals surface area (Å²) < 4.78 is 9.93. The Bertz CT molecular complexity index is 714. The van der Waals surface area contributed by atoms with Gasteiger partial charge in [-0.3, -0.25) is 4.79 Å². The summed E-state index contributed by atoms with van der Waals surface area (Å²) in [5.74, 6) is -0.846. The minimum Gasteiger partial charge on any atom is -0.466 e. The molecule has 0 N–H and O–H groups in total. The van der Waals surface area contributed by atoms with Gasteiger partial charge in [-0.05, 0) is 19.2 Å². The number of carbonyl (C=O) groups excluding carboxylic acids is 3. The first-order chi connectivity index (χ1) is 12.0. The maximum atomic E-state index is 12.4. The molecule has 7 heteroatoms. The maximum Gasteiger partial charge on any atom is 0.335 e. The normalized spacial score (nSPS) is 23.0. The molecule has 1 aromatic rings. The largest absolute Gasteiger partial charge is 0.466 e. The van der Waals surface area contributed by atoms with E-state index in [2.05, 4.69) is 32.8 Å². The molecular weight excluding hydrogens is 523 g/mol. The summed E-state index contributed by atoms with van der Waals surface area (Å²) in [4.78, 5) is 32.2. The van der Waals surface area contributed by atoms with Crippen LogP contribution >= 0.6 is 7.92 Å². The van der Waals surface area contributed by atoms with Gasteiger partial charge in [0.25, 0.3) is 6.79 Å². The summed E-state index contributed by atoms with van der Waals surface area (Å²) in [7, 11) is 1.97. The van der Waals surface area contributed by atoms with Crippen LogP contribution in [0.5, 0.6) is 0 Å². The van der Waals surface area contributed by atoms with Crippen LogP contribution in [0.3, 0.4) is 0 Å². The van der Waals surface area contributed by atoms with Crippen molar-refractivity contribution in [3.05, 3.63) is 52.6 Å². The summed E-state index contributed by atoms with van der Waals surface area (Å²) in [5, 5.41) is 1.19. The van der Waals surface area contributed by atoms with Crippen molar-refractivity contribution in [2.75, 3.05) is 14.2 Å². The second-order valence-corrected chi connectivity index (χ2v) is 8.09. The SMILES string of the molecule is COC(=O)C1=C(C(=O)OC)[C@@H]2C(C)=C(C)[C@H]1P2c1ccccc1.[C]=O.[W]. The summed E-state index contributed by atoms with van der Waals surface area (Å²) in [6.45, 7) is 8.60. The predicted octanol–water partition coefficient (Wildman–Crippen LogP) is 2.14. The molecule has 2 aliphatic rings. The van der Waals surface area contributed by atoms with E-state index < -0.39 is 19.9 Å². The fourth-order valence-electron chi connectivity index (χ4n) is 3.56. The van der Waals surface area contributed by atoms with Crippen molar-refractivity contribution in [1.82, 2.24) is 0 Å². The maximum absolute atomic E-state index is 12.4.